The molecular weight excluding hydrogens is 270 g/mol. The Morgan fingerprint density at radius 2 is 2.24 bits per heavy atom. The maximum atomic E-state index is 9.50. The van der Waals surface area contributed by atoms with E-state index < -0.39 is 0 Å². The van der Waals surface area contributed by atoms with Crippen LogP contribution in [-0.2, 0) is 4.74 Å². The molecule has 0 unspecified atom stereocenters. The molecule has 1 aromatic rings. The van der Waals surface area contributed by atoms with Gasteiger partial charge in [0.05, 0.1) is 26.5 Å². The summed E-state index contributed by atoms with van der Waals surface area (Å²) >= 11 is 0. The number of rotatable bonds is 7. The lowest BCUT2D eigenvalue weighted by molar-refractivity contribution is 0.0375. The van der Waals surface area contributed by atoms with E-state index in [0.29, 0.717) is 5.75 Å². The van der Waals surface area contributed by atoms with Gasteiger partial charge < -0.3 is 20.0 Å². The molecule has 2 N–H and O–H groups in total. The molecule has 116 valence electrons. The van der Waals surface area contributed by atoms with Gasteiger partial charge in [-0.3, -0.25) is 4.90 Å². The number of hydrazone groups is 1. The number of nitrogens with one attached hydrogen (secondary N) is 1. The molecule has 21 heavy (non-hydrogen) atoms. The van der Waals surface area contributed by atoms with E-state index in [0.717, 1.165) is 51.4 Å². The van der Waals surface area contributed by atoms with Crippen LogP contribution in [-0.4, -0.2) is 62.7 Å². The molecule has 1 aliphatic rings. The Labute approximate surface area is 125 Å². The molecule has 1 saturated heterocycles. The van der Waals surface area contributed by atoms with E-state index in [1.54, 1.807) is 24.4 Å². The summed E-state index contributed by atoms with van der Waals surface area (Å²) in [6, 6.07) is 5.13. The van der Waals surface area contributed by atoms with E-state index in [4.69, 9.17) is 9.47 Å². The monoisotopic (exact) mass is 293 g/mol. The minimum atomic E-state index is 0.133. The highest BCUT2D eigenvalue weighted by atomic mass is 16.5. The predicted molar refractivity (Wildman–Crippen MR) is 82.1 cm³/mol. The number of aromatic hydroxyl groups is 1. The lowest BCUT2D eigenvalue weighted by atomic mass is 10.2. The number of phenolic OH excluding ortho intramolecular Hbond substituents is 1. The van der Waals surface area contributed by atoms with Crippen LogP contribution in [0.25, 0.3) is 0 Å². The molecule has 0 atom stereocenters. The molecule has 0 amide bonds. The topological polar surface area (TPSA) is 66.3 Å². The molecule has 1 fully saturated rings. The van der Waals surface area contributed by atoms with Crippen LogP contribution >= 0.6 is 0 Å². The molecule has 6 heteroatoms. The minimum absolute atomic E-state index is 0.133. The van der Waals surface area contributed by atoms with Crippen LogP contribution < -0.4 is 10.2 Å². The maximum Gasteiger partial charge on any atom is 0.161 e. The van der Waals surface area contributed by atoms with E-state index >= 15 is 0 Å². The van der Waals surface area contributed by atoms with Crippen molar-refractivity contribution in [3.63, 3.8) is 0 Å². The van der Waals surface area contributed by atoms with E-state index in [-0.39, 0.29) is 5.75 Å². The van der Waals surface area contributed by atoms with Crippen LogP contribution in [0.3, 0.4) is 0 Å². The van der Waals surface area contributed by atoms with Crippen molar-refractivity contribution < 1.29 is 14.6 Å². The number of hydrogen-bond donors (Lipinski definition) is 2. The third kappa shape index (κ3) is 5.24. The summed E-state index contributed by atoms with van der Waals surface area (Å²) in [5.41, 5.74) is 3.91. The van der Waals surface area contributed by atoms with Crippen LogP contribution in [0.1, 0.15) is 12.0 Å². The average Bonchev–Trinajstić information content (AvgIpc) is 2.53. The fourth-order valence-corrected chi connectivity index (χ4v) is 2.17. The third-order valence-corrected chi connectivity index (χ3v) is 3.38. The zero-order valence-electron chi connectivity index (χ0n) is 12.4. The number of phenols is 1. The van der Waals surface area contributed by atoms with Crippen molar-refractivity contribution in [3.05, 3.63) is 23.8 Å². The molecule has 0 spiro atoms. The van der Waals surface area contributed by atoms with Crippen molar-refractivity contribution in [2.45, 2.75) is 6.42 Å². The number of ether oxygens (including phenoxy) is 2. The van der Waals surface area contributed by atoms with Crippen molar-refractivity contribution in [1.29, 1.82) is 0 Å². The van der Waals surface area contributed by atoms with Gasteiger partial charge in [-0.2, -0.15) is 5.10 Å². The fourth-order valence-electron chi connectivity index (χ4n) is 2.17. The average molecular weight is 293 g/mol. The first kappa shape index (κ1) is 15.6. The van der Waals surface area contributed by atoms with Crippen molar-refractivity contribution in [1.82, 2.24) is 10.3 Å². The van der Waals surface area contributed by atoms with Crippen molar-refractivity contribution in [3.8, 4) is 11.5 Å². The van der Waals surface area contributed by atoms with Crippen LogP contribution in [0.2, 0.25) is 0 Å². The summed E-state index contributed by atoms with van der Waals surface area (Å²) in [6.45, 7) is 5.64. The molecule has 1 aliphatic heterocycles. The standard InChI is InChI=1S/C15H23N3O3/c1-20-15-11-13(3-4-14(15)19)12-17-16-5-2-6-18-7-9-21-10-8-18/h3-4,11-12,16,19H,2,5-10H2,1H3. The first-order valence-corrected chi connectivity index (χ1v) is 7.22. The Morgan fingerprint density at radius 3 is 3.00 bits per heavy atom. The molecule has 0 bridgehead atoms. The molecule has 0 aromatic heterocycles. The number of nitrogens with zero attached hydrogens (tertiary/aromatic N) is 2. The van der Waals surface area contributed by atoms with Gasteiger partial charge in [-0.25, -0.2) is 0 Å². The molecule has 1 heterocycles. The van der Waals surface area contributed by atoms with E-state index in [1.165, 1.54) is 7.11 Å². The first-order valence-electron chi connectivity index (χ1n) is 7.22. The van der Waals surface area contributed by atoms with Crippen LogP contribution in [0.15, 0.2) is 23.3 Å². The summed E-state index contributed by atoms with van der Waals surface area (Å²) in [5.74, 6) is 0.583. The van der Waals surface area contributed by atoms with Crippen LogP contribution in [0.4, 0.5) is 0 Å². The molecule has 1 aromatic carbocycles. The Hall–Kier alpha value is -1.79. The third-order valence-electron chi connectivity index (χ3n) is 3.38. The van der Waals surface area contributed by atoms with Crippen molar-refractivity contribution in [2.24, 2.45) is 5.10 Å². The highest BCUT2D eigenvalue weighted by Gasteiger charge is 2.08. The number of methoxy groups -OCH3 is 1. The molecule has 0 aliphatic carbocycles. The van der Waals surface area contributed by atoms with E-state index in [2.05, 4.69) is 15.4 Å². The first-order chi connectivity index (χ1) is 10.3. The van der Waals surface area contributed by atoms with E-state index in [1.807, 2.05) is 0 Å². The Morgan fingerprint density at radius 1 is 1.43 bits per heavy atom. The van der Waals surface area contributed by atoms with Gasteiger partial charge in [0.2, 0.25) is 0 Å². The summed E-state index contributed by atoms with van der Waals surface area (Å²) in [5, 5.41) is 13.7. The van der Waals surface area contributed by atoms with Gasteiger partial charge in [0.1, 0.15) is 0 Å². The van der Waals surface area contributed by atoms with Gasteiger partial charge in [-0.1, -0.05) is 0 Å². The van der Waals surface area contributed by atoms with Gasteiger partial charge in [0.25, 0.3) is 0 Å². The second kappa shape index (κ2) is 8.49. The Bertz CT molecular complexity index is 459. The van der Waals surface area contributed by atoms with Gasteiger partial charge in [-0.15, -0.1) is 0 Å². The zero-order chi connectivity index (χ0) is 14.9. The lowest BCUT2D eigenvalue weighted by Gasteiger charge is -2.26. The maximum absolute atomic E-state index is 9.50. The van der Waals surface area contributed by atoms with Crippen molar-refractivity contribution >= 4 is 6.21 Å². The van der Waals surface area contributed by atoms with Crippen LogP contribution in [0, 0.1) is 0 Å². The SMILES string of the molecule is COc1cc(C=NNCCCN2CCOCC2)ccc1O. The van der Waals surface area contributed by atoms with Crippen molar-refractivity contribution in [2.75, 3.05) is 46.5 Å². The summed E-state index contributed by atoms with van der Waals surface area (Å²) < 4.78 is 10.4. The normalized spacial score (nSPS) is 16.2. The molecule has 2 rings (SSSR count). The highest BCUT2D eigenvalue weighted by Crippen LogP contribution is 2.25. The molecular formula is C15H23N3O3. The van der Waals surface area contributed by atoms with Gasteiger partial charge in [0.15, 0.2) is 11.5 Å². The quantitative estimate of drug-likeness (QED) is 0.447. The molecule has 0 saturated carbocycles. The number of benzene rings is 1. The Balaban J connectivity index is 1.65. The predicted octanol–water partition coefficient (Wildman–Crippen LogP) is 1.05. The largest absolute Gasteiger partial charge is 0.504 e. The van der Waals surface area contributed by atoms with Gasteiger partial charge >= 0.3 is 0 Å². The lowest BCUT2D eigenvalue weighted by Crippen LogP contribution is -2.37. The van der Waals surface area contributed by atoms with Crippen LogP contribution in [0.5, 0.6) is 11.5 Å². The second-order valence-corrected chi connectivity index (χ2v) is 4.91. The number of morpholine rings is 1. The Kier molecular flexibility index (Phi) is 6.30. The number of hydrogen-bond acceptors (Lipinski definition) is 6. The summed E-state index contributed by atoms with van der Waals surface area (Å²) in [4.78, 5) is 2.40. The zero-order valence-corrected chi connectivity index (χ0v) is 12.4. The molecule has 0 radical (unpaired) electrons. The van der Waals surface area contributed by atoms with Gasteiger partial charge in [0, 0.05) is 26.2 Å². The van der Waals surface area contributed by atoms with Gasteiger partial charge in [-0.05, 0) is 30.2 Å². The second-order valence-electron chi connectivity index (χ2n) is 4.91. The van der Waals surface area contributed by atoms with E-state index in [9.17, 15) is 5.11 Å². The summed E-state index contributed by atoms with van der Waals surface area (Å²) in [6.07, 6.45) is 2.77. The smallest absolute Gasteiger partial charge is 0.161 e. The summed E-state index contributed by atoms with van der Waals surface area (Å²) in [7, 11) is 1.53. The minimum Gasteiger partial charge on any atom is -0.504 e. The molecule has 6 nitrogen and oxygen atoms in total. The highest BCUT2D eigenvalue weighted by molar-refractivity contribution is 5.80. The fraction of sp³-hybridized carbons (Fsp3) is 0.533.